The molecule has 0 saturated carbocycles. The van der Waals surface area contributed by atoms with Gasteiger partial charge in [0.05, 0.1) is 0 Å². The van der Waals surface area contributed by atoms with Gasteiger partial charge in [0.25, 0.3) is 0 Å². The Labute approximate surface area is 130 Å². The molecule has 0 aliphatic heterocycles. The average Bonchev–Trinajstić information content (AvgIpc) is 2.40. The van der Waals surface area contributed by atoms with Gasteiger partial charge in [-0.05, 0) is 0 Å². The first-order valence-electron chi connectivity index (χ1n) is 6.01. The third-order valence-electron chi connectivity index (χ3n) is 2.75. The zero-order chi connectivity index (χ0) is 13.7. The van der Waals surface area contributed by atoms with Crippen LogP contribution in [0.3, 0.4) is 0 Å². The van der Waals surface area contributed by atoms with Crippen LogP contribution in [0.25, 0.3) is 0 Å². The minimum absolute atomic E-state index is 0.416. The summed E-state index contributed by atoms with van der Waals surface area (Å²) in [7, 11) is 17.9. The second-order valence-corrected chi connectivity index (χ2v) is 28.3. The van der Waals surface area contributed by atoms with E-state index in [9.17, 15) is 0 Å². The standard InChI is InChI=1S/C14H14P.3ClH.Sn/c1-2-15(13-9-5-3-6-10-13)14-11-7-4-8-12-14;;;;/h3-12H,1-2H2;3*1H;/q;;;;+3/p-3. The average molecular weight is 438 g/mol. The summed E-state index contributed by atoms with van der Waals surface area (Å²) in [5.74, 6) is 0. The molecule has 2 aromatic carbocycles. The molecule has 100 valence electrons. The summed E-state index contributed by atoms with van der Waals surface area (Å²) in [6.07, 6.45) is 0.968. The van der Waals surface area contributed by atoms with Gasteiger partial charge in [0.2, 0.25) is 0 Å². The number of halogens is 3. The van der Waals surface area contributed by atoms with E-state index < -0.39 is 22.9 Å². The molecule has 0 radical (unpaired) electrons. The summed E-state index contributed by atoms with van der Waals surface area (Å²) in [6, 6.07) is 21.1. The van der Waals surface area contributed by atoms with E-state index in [0.717, 1.165) is 10.6 Å². The first-order chi connectivity index (χ1) is 9.06. The summed E-state index contributed by atoms with van der Waals surface area (Å²) >= 11 is -3.26. The van der Waals surface area contributed by atoms with Gasteiger partial charge in [0.1, 0.15) is 0 Å². The zero-order valence-electron chi connectivity index (χ0n) is 10.3. The topological polar surface area (TPSA) is 0 Å². The Kier molecular flexibility index (Phi) is 6.30. The maximum atomic E-state index is 6.10. The molecule has 0 N–H and O–H groups in total. The zero-order valence-corrected chi connectivity index (χ0v) is 16.3. The Hall–Kier alpha value is 0.539. The molecule has 0 heterocycles. The molecule has 0 aliphatic rings. The Balaban J connectivity index is 2.24. The molecular weight excluding hydrogens is 424 g/mol. The molecule has 0 aromatic heterocycles. The summed E-state index contributed by atoms with van der Waals surface area (Å²) in [5, 5.41) is 2.70. The Morgan fingerprint density at radius 2 is 1.16 bits per heavy atom. The van der Waals surface area contributed by atoms with Crippen LogP contribution in [0, 0.1) is 0 Å². The van der Waals surface area contributed by atoms with Gasteiger partial charge in [-0.2, -0.15) is 0 Å². The van der Waals surface area contributed by atoms with Crippen molar-refractivity contribution in [2.75, 3.05) is 6.16 Å². The third kappa shape index (κ3) is 5.44. The fraction of sp³-hybridized carbons (Fsp3) is 0.143. The first-order valence-corrected chi connectivity index (χ1v) is 20.4. The monoisotopic (exact) mass is 438 g/mol. The first kappa shape index (κ1) is 15.9. The van der Waals surface area contributed by atoms with Crippen molar-refractivity contribution in [2.45, 2.75) is 4.44 Å². The number of benzene rings is 2. The molecule has 0 unspecified atom stereocenters. The van der Waals surface area contributed by atoms with Crippen LogP contribution >= 0.6 is 34.7 Å². The van der Waals surface area contributed by atoms with Gasteiger partial charge in [0.15, 0.2) is 0 Å². The maximum absolute atomic E-state index is 6.10. The molecular formula is C14H14Cl3PSn. The van der Waals surface area contributed by atoms with Crippen molar-refractivity contribution in [3.05, 3.63) is 60.7 Å². The van der Waals surface area contributed by atoms with E-state index in [4.69, 9.17) is 26.8 Å². The summed E-state index contributed by atoms with van der Waals surface area (Å²) < 4.78 is 0.773. The van der Waals surface area contributed by atoms with E-state index in [1.807, 2.05) is 12.1 Å². The molecule has 0 spiro atoms. The molecule has 2 aromatic rings. The third-order valence-corrected chi connectivity index (χ3v) is 12.6. The van der Waals surface area contributed by atoms with Crippen LogP contribution in [-0.4, -0.2) is 21.2 Å². The number of rotatable bonds is 5. The van der Waals surface area contributed by atoms with Gasteiger partial charge in [-0.3, -0.25) is 0 Å². The van der Waals surface area contributed by atoms with E-state index in [2.05, 4.69) is 48.5 Å². The minimum atomic E-state index is -3.26. The van der Waals surface area contributed by atoms with Crippen molar-refractivity contribution in [3.8, 4) is 0 Å². The van der Waals surface area contributed by atoms with Crippen molar-refractivity contribution in [1.29, 1.82) is 0 Å². The molecule has 0 nitrogen and oxygen atoms in total. The molecule has 0 saturated heterocycles. The Bertz CT molecular complexity index is 460. The molecule has 0 aliphatic carbocycles. The van der Waals surface area contributed by atoms with Gasteiger partial charge in [-0.1, -0.05) is 0 Å². The fourth-order valence-corrected chi connectivity index (χ4v) is 13.4. The van der Waals surface area contributed by atoms with E-state index in [1.165, 1.54) is 10.6 Å². The summed E-state index contributed by atoms with van der Waals surface area (Å²) in [4.78, 5) is 0. The van der Waals surface area contributed by atoms with Gasteiger partial charge in [-0.15, -0.1) is 0 Å². The molecule has 19 heavy (non-hydrogen) atoms. The van der Waals surface area contributed by atoms with Crippen LogP contribution in [-0.2, 0) is 0 Å². The molecule has 0 fully saturated rings. The fourth-order valence-electron chi connectivity index (χ4n) is 1.86. The van der Waals surface area contributed by atoms with Crippen molar-refractivity contribution in [1.82, 2.24) is 0 Å². The van der Waals surface area contributed by atoms with Gasteiger partial charge in [-0.25, -0.2) is 0 Å². The van der Waals surface area contributed by atoms with E-state index in [1.54, 1.807) is 0 Å². The van der Waals surface area contributed by atoms with Crippen molar-refractivity contribution >= 4 is 60.3 Å². The normalized spacial score (nSPS) is 11.8. The molecule has 0 bridgehead atoms. The predicted molar refractivity (Wildman–Crippen MR) is 92.1 cm³/mol. The van der Waals surface area contributed by atoms with Crippen LogP contribution < -0.4 is 10.6 Å². The second-order valence-electron chi connectivity index (χ2n) is 4.19. The van der Waals surface area contributed by atoms with Crippen molar-refractivity contribution in [3.63, 3.8) is 0 Å². The van der Waals surface area contributed by atoms with Gasteiger partial charge < -0.3 is 0 Å². The van der Waals surface area contributed by atoms with E-state index in [-0.39, 0.29) is 0 Å². The number of hydrogen-bond donors (Lipinski definition) is 0. The Morgan fingerprint density at radius 1 is 0.737 bits per heavy atom. The van der Waals surface area contributed by atoms with Crippen LogP contribution in [0.15, 0.2) is 60.7 Å². The van der Waals surface area contributed by atoms with Crippen LogP contribution in [0.5, 0.6) is 0 Å². The molecule has 2 rings (SSSR count). The second kappa shape index (κ2) is 7.52. The van der Waals surface area contributed by atoms with Crippen molar-refractivity contribution < 1.29 is 0 Å². The summed E-state index contributed by atoms with van der Waals surface area (Å²) in [5.41, 5.74) is 0. The van der Waals surface area contributed by atoms with Crippen LogP contribution in [0.2, 0.25) is 4.44 Å². The molecule has 0 amide bonds. The number of hydrogen-bond acceptors (Lipinski definition) is 0. The molecule has 5 heteroatoms. The van der Waals surface area contributed by atoms with Crippen molar-refractivity contribution in [2.24, 2.45) is 0 Å². The van der Waals surface area contributed by atoms with E-state index in [0.29, 0.717) is 0 Å². The van der Waals surface area contributed by atoms with Crippen LogP contribution in [0.1, 0.15) is 0 Å². The molecule has 0 atom stereocenters. The predicted octanol–water partition coefficient (Wildman–Crippen LogP) is 4.77. The van der Waals surface area contributed by atoms with E-state index >= 15 is 0 Å². The Morgan fingerprint density at radius 3 is 1.53 bits per heavy atom. The van der Waals surface area contributed by atoms with Crippen LogP contribution in [0.4, 0.5) is 0 Å². The van der Waals surface area contributed by atoms with Gasteiger partial charge in [0, 0.05) is 0 Å². The quantitative estimate of drug-likeness (QED) is 0.466. The van der Waals surface area contributed by atoms with Gasteiger partial charge >= 0.3 is 132 Å². The summed E-state index contributed by atoms with van der Waals surface area (Å²) in [6.45, 7) is 0. The SMILES string of the molecule is [Cl][Sn]([Cl])([Cl])[CH2]CP(c1ccccc1)c1ccccc1.